The number of aromatic nitrogens is 2. The van der Waals surface area contributed by atoms with E-state index >= 15 is 0 Å². The average Bonchev–Trinajstić information content (AvgIpc) is 2.86. The lowest BCUT2D eigenvalue weighted by Gasteiger charge is -2.08. The third-order valence-electron chi connectivity index (χ3n) is 2.92. The fourth-order valence-electron chi connectivity index (χ4n) is 1.89. The average molecular weight is 244 g/mol. The number of methoxy groups -OCH3 is 1. The highest BCUT2D eigenvalue weighted by Gasteiger charge is 2.14. The van der Waals surface area contributed by atoms with E-state index in [2.05, 4.69) is 5.10 Å². The first-order chi connectivity index (χ1) is 8.67. The topological polar surface area (TPSA) is 44.1 Å². The van der Waals surface area contributed by atoms with Crippen molar-refractivity contribution in [1.82, 2.24) is 9.78 Å². The van der Waals surface area contributed by atoms with Gasteiger partial charge in [0.2, 0.25) is 5.78 Å². The predicted molar refractivity (Wildman–Crippen MR) is 69.1 cm³/mol. The van der Waals surface area contributed by atoms with Gasteiger partial charge in [0.15, 0.2) is 0 Å². The molecule has 1 heterocycles. The Kier molecular flexibility index (Phi) is 3.46. The van der Waals surface area contributed by atoms with E-state index in [9.17, 15) is 4.79 Å². The maximum Gasteiger partial charge on any atom is 0.211 e. The van der Waals surface area contributed by atoms with E-state index in [4.69, 9.17) is 4.74 Å². The van der Waals surface area contributed by atoms with Crippen molar-refractivity contribution < 1.29 is 9.53 Å². The largest absolute Gasteiger partial charge is 0.496 e. The third kappa shape index (κ3) is 2.14. The molecule has 0 unspecified atom stereocenters. The maximum absolute atomic E-state index is 12.4. The molecule has 4 heteroatoms. The number of rotatable bonds is 4. The van der Waals surface area contributed by atoms with Crippen LogP contribution in [0.3, 0.4) is 0 Å². The molecule has 0 aliphatic rings. The molecule has 1 aromatic heterocycles. The molecular weight excluding hydrogens is 228 g/mol. The van der Waals surface area contributed by atoms with Gasteiger partial charge in [0.05, 0.1) is 7.11 Å². The number of nitrogens with zero attached hydrogens (tertiary/aromatic N) is 2. The normalized spacial score (nSPS) is 10.4. The van der Waals surface area contributed by atoms with Crippen molar-refractivity contribution in [3.05, 3.63) is 47.3 Å². The second kappa shape index (κ2) is 5.04. The summed E-state index contributed by atoms with van der Waals surface area (Å²) in [6.07, 6.45) is 1.64. The summed E-state index contributed by atoms with van der Waals surface area (Å²) in [5, 5.41) is 4.11. The highest BCUT2D eigenvalue weighted by molar-refractivity contribution is 6.08. The number of hydrogen-bond donors (Lipinski definition) is 0. The summed E-state index contributed by atoms with van der Waals surface area (Å²) in [5.74, 6) is 0.691. The van der Waals surface area contributed by atoms with Crippen LogP contribution in [0.5, 0.6) is 5.75 Å². The summed E-state index contributed by atoms with van der Waals surface area (Å²) in [7, 11) is 1.60. The smallest absolute Gasteiger partial charge is 0.211 e. The second-order valence-electron chi connectivity index (χ2n) is 4.05. The van der Waals surface area contributed by atoms with Crippen molar-refractivity contribution in [2.45, 2.75) is 20.4 Å². The van der Waals surface area contributed by atoms with E-state index in [1.807, 2.05) is 26.0 Å². The molecule has 0 N–H and O–H groups in total. The number of carbonyl (C=O) groups excluding carboxylic acids is 1. The van der Waals surface area contributed by atoms with Gasteiger partial charge in [-0.05, 0) is 31.5 Å². The molecule has 4 nitrogen and oxygen atoms in total. The lowest BCUT2D eigenvalue weighted by molar-refractivity contribution is 0.102. The number of aryl methyl sites for hydroxylation is 2. The minimum Gasteiger partial charge on any atom is -0.496 e. The van der Waals surface area contributed by atoms with E-state index < -0.39 is 0 Å². The van der Waals surface area contributed by atoms with Crippen LogP contribution in [0, 0.1) is 6.92 Å². The standard InChI is InChI=1S/C14H16N2O2/c1-4-16-12(7-8-15-16)14(17)11-6-5-10(2)13(9-11)18-3/h5-9H,4H2,1-3H3. The Morgan fingerprint density at radius 3 is 2.83 bits per heavy atom. The van der Waals surface area contributed by atoms with Gasteiger partial charge in [0.25, 0.3) is 0 Å². The fourth-order valence-corrected chi connectivity index (χ4v) is 1.89. The van der Waals surface area contributed by atoms with Crippen LogP contribution >= 0.6 is 0 Å². The first kappa shape index (κ1) is 12.4. The summed E-state index contributed by atoms with van der Waals surface area (Å²) in [6.45, 7) is 4.58. The molecule has 2 aromatic rings. The van der Waals surface area contributed by atoms with Gasteiger partial charge in [-0.2, -0.15) is 5.10 Å². The molecule has 18 heavy (non-hydrogen) atoms. The lowest BCUT2D eigenvalue weighted by atomic mass is 10.1. The van der Waals surface area contributed by atoms with Crippen molar-refractivity contribution in [1.29, 1.82) is 0 Å². The van der Waals surface area contributed by atoms with Gasteiger partial charge in [-0.25, -0.2) is 0 Å². The van der Waals surface area contributed by atoms with Gasteiger partial charge < -0.3 is 4.74 Å². The molecule has 1 aromatic carbocycles. The zero-order valence-corrected chi connectivity index (χ0v) is 10.8. The molecule has 94 valence electrons. The Labute approximate surface area is 106 Å². The molecule has 0 spiro atoms. The molecule has 0 bridgehead atoms. The van der Waals surface area contributed by atoms with E-state index in [-0.39, 0.29) is 5.78 Å². The Hall–Kier alpha value is -2.10. The zero-order chi connectivity index (χ0) is 13.1. The van der Waals surface area contributed by atoms with Crippen LogP contribution in [0.2, 0.25) is 0 Å². The molecule has 0 amide bonds. The Bertz CT molecular complexity index is 573. The van der Waals surface area contributed by atoms with Crippen LogP contribution in [-0.2, 0) is 6.54 Å². The summed E-state index contributed by atoms with van der Waals surface area (Å²) < 4.78 is 6.92. The molecule has 0 saturated heterocycles. The Balaban J connectivity index is 2.40. The SMILES string of the molecule is CCn1nccc1C(=O)c1ccc(C)c(OC)c1. The minimum atomic E-state index is -0.0346. The quantitative estimate of drug-likeness (QED) is 0.776. The molecular formula is C14H16N2O2. The molecule has 0 atom stereocenters. The molecule has 0 aliphatic carbocycles. The van der Waals surface area contributed by atoms with Crippen molar-refractivity contribution >= 4 is 5.78 Å². The van der Waals surface area contributed by atoms with Crippen molar-refractivity contribution in [2.75, 3.05) is 7.11 Å². The van der Waals surface area contributed by atoms with E-state index in [1.165, 1.54) is 0 Å². The molecule has 0 aliphatic heterocycles. The third-order valence-corrected chi connectivity index (χ3v) is 2.92. The maximum atomic E-state index is 12.4. The van der Waals surface area contributed by atoms with Crippen molar-refractivity contribution in [3.8, 4) is 5.75 Å². The number of carbonyl (C=O) groups is 1. The van der Waals surface area contributed by atoms with E-state index in [0.717, 1.165) is 11.3 Å². The monoisotopic (exact) mass is 244 g/mol. The van der Waals surface area contributed by atoms with E-state index in [0.29, 0.717) is 17.8 Å². The molecule has 0 fully saturated rings. The molecule has 2 rings (SSSR count). The van der Waals surface area contributed by atoms with Crippen molar-refractivity contribution in [2.24, 2.45) is 0 Å². The van der Waals surface area contributed by atoms with Gasteiger partial charge in [-0.15, -0.1) is 0 Å². The summed E-state index contributed by atoms with van der Waals surface area (Å²) >= 11 is 0. The van der Waals surface area contributed by atoms with Crippen LogP contribution in [0.15, 0.2) is 30.5 Å². The van der Waals surface area contributed by atoms with Crippen LogP contribution in [0.1, 0.15) is 28.5 Å². The van der Waals surface area contributed by atoms with Gasteiger partial charge in [0, 0.05) is 18.3 Å². The number of hydrogen-bond acceptors (Lipinski definition) is 3. The summed E-state index contributed by atoms with van der Waals surface area (Å²) in [4.78, 5) is 12.4. The van der Waals surface area contributed by atoms with Gasteiger partial charge in [-0.1, -0.05) is 12.1 Å². The Morgan fingerprint density at radius 1 is 1.39 bits per heavy atom. The highest BCUT2D eigenvalue weighted by Crippen LogP contribution is 2.20. The van der Waals surface area contributed by atoms with E-state index in [1.54, 1.807) is 30.1 Å². The van der Waals surface area contributed by atoms with Gasteiger partial charge in [-0.3, -0.25) is 9.48 Å². The summed E-state index contributed by atoms with van der Waals surface area (Å²) in [6, 6.07) is 7.20. The first-order valence-corrected chi connectivity index (χ1v) is 5.88. The first-order valence-electron chi connectivity index (χ1n) is 5.88. The van der Waals surface area contributed by atoms with Gasteiger partial charge >= 0.3 is 0 Å². The molecule has 0 radical (unpaired) electrons. The predicted octanol–water partition coefficient (Wildman–Crippen LogP) is 2.45. The number of ketones is 1. The van der Waals surface area contributed by atoms with Crippen molar-refractivity contribution in [3.63, 3.8) is 0 Å². The lowest BCUT2D eigenvalue weighted by Crippen LogP contribution is -2.10. The Morgan fingerprint density at radius 2 is 2.17 bits per heavy atom. The summed E-state index contributed by atoms with van der Waals surface area (Å²) in [5.41, 5.74) is 2.23. The van der Waals surface area contributed by atoms with Crippen LogP contribution < -0.4 is 4.74 Å². The minimum absolute atomic E-state index is 0.0346. The van der Waals surface area contributed by atoms with Crippen LogP contribution in [-0.4, -0.2) is 22.7 Å². The molecule has 0 saturated carbocycles. The second-order valence-corrected chi connectivity index (χ2v) is 4.05. The highest BCUT2D eigenvalue weighted by atomic mass is 16.5. The number of ether oxygens (including phenoxy) is 1. The fraction of sp³-hybridized carbons (Fsp3) is 0.286. The van der Waals surface area contributed by atoms with Crippen LogP contribution in [0.25, 0.3) is 0 Å². The zero-order valence-electron chi connectivity index (χ0n) is 10.8. The van der Waals surface area contributed by atoms with Gasteiger partial charge in [0.1, 0.15) is 11.4 Å². The number of benzene rings is 1. The van der Waals surface area contributed by atoms with Crippen LogP contribution in [0.4, 0.5) is 0 Å².